The Kier molecular flexibility index (Phi) is 13.9. The van der Waals surface area contributed by atoms with Gasteiger partial charge in [0, 0.05) is 5.41 Å². The van der Waals surface area contributed by atoms with Crippen molar-refractivity contribution in [2.75, 3.05) is 26.4 Å². The zero-order valence-electron chi connectivity index (χ0n) is 39.0. The van der Waals surface area contributed by atoms with Crippen LogP contribution in [-0.2, 0) is 33.2 Å². The fourth-order valence-corrected chi connectivity index (χ4v) is 14.8. The summed E-state index contributed by atoms with van der Waals surface area (Å²) in [6, 6.07) is 0. The zero-order chi connectivity index (χ0) is 48.3. The van der Waals surface area contributed by atoms with Crippen LogP contribution in [0.25, 0.3) is 0 Å². The number of aliphatic hydroxyl groups excluding tert-OH is 12. The Morgan fingerprint density at radius 2 is 1.30 bits per heavy atom. The van der Waals surface area contributed by atoms with Crippen LogP contribution < -0.4 is 0 Å². The number of ether oxygens (including phenoxy) is 6. The summed E-state index contributed by atoms with van der Waals surface area (Å²) in [5.41, 5.74) is -2.15. The number of fused-ring (bicyclic) bond motifs is 7. The van der Waals surface area contributed by atoms with E-state index in [2.05, 4.69) is 40.7 Å². The predicted octanol–water partition coefficient (Wildman–Crippen LogP) is -1.28. The molecule has 24 unspecified atom stereocenters. The highest BCUT2D eigenvalue weighted by Crippen LogP contribution is 2.76. The van der Waals surface area contributed by atoms with Crippen molar-refractivity contribution in [3.05, 3.63) is 11.6 Å². The van der Waals surface area contributed by atoms with Crippen LogP contribution in [0.3, 0.4) is 0 Å². The van der Waals surface area contributed by atoms with Crippen LogP contribution in [0.15, 0.2) is 11.6 Å². The maximum atomic E-state index is 14.9. The highest BCUT2D eigenvalue weighted by molar-refractivity contribution is 5.79. The molecular weight excluding hydrogens is 868 g/mol. The molecule has 12 N–H and O–H groups in total. The Hall–Kier alpha value is -1.47. The molecule has 24 atom stereocenters. The van der Waals surface area contributed by atoms with Gasteiger partial charge in [0.25, 0.3) is 0 Å². The second kappa shape index (κ2) is 18.0. The molecule has 0 aromatic rings. The van der Waals surface area contributed by atoms with E-state index in [1.54, 1.807) is 0 Å². The molecule has 0 aromatic carbocycles. The minimum atomic E-state index is -1.83. The molecule has 19 heteroatoms. The van der Waals surface area contributed by atoms with Crippen LogP contribution in [0.5, 0.6) is 0 Å². The third kappa shape index (κ3) is 7.86. The number of esters is 1. The van der Waals surface area contributed by atoms with Crippen molar-refractivity contribution in [2.24, 2.45) is 50.2 Å². The van der Waals surface area contributed by atoms with Gasteiger partial charge in [0.05, 0.1) is 44.1 Å². The van der Waals surface area contributed by atoms with Crippen molar-refractivity contribution < 1.29 is 94.5 Å². The molecule has 8 aliphatic rings. The monoisotopic (exact) mass is 944 g/mol. The maximum Gasteiger partial charge on any atom is 0.315 e. The first kappa shape index (κ1) is 50.9. The zero-order valence-corrected chi connectivity index (χ0v) is 39.0. The van der Waals surface area contributed by atoms with Crippen LogP contribution in [0.4, 0.5) is 0 Å². The normalized spacial score (nSPS) is 54.8. The van der Waals surface area contributed by atoms with Crippen LogP contribution in [0.2, 0.25) is 0 Å². The molecule has 3 aliphatic heterocycles. The number of carbonyl (C=O) groups excluding carboxylic acids is 1. The Bertz CT molecular complexity index is 1800. The standard InChI is InChI=1S/C47H76O19/c1-42(2)11-13-47(41(60)66-40-36(59)33(56)31(54)26(64-40)19-62-38-35(58)32(55)30(53)25(17-48)63-38)14-12-45(5)21(22(47)15-42)7-8-28-43(3)16-23(50)37(65-39-34(57)29(52)24(51)18-61-39)44(4,20-49)27(43)9-10-46(28,45)6/h7,22-40,48-59H,8-20H2,1-6H3. The van der Waals surface area contributed by atoms with Gasteiger partial charge < -0.3 is 89.7 Å². The summed E-state index contributed by atoms with van der Waals surface area (Å²) in [7, 11) is 0. The predicted molar refractivity (Wildman–Crippen MR) is 227 cm³/mol. The molecule has 0 amide bonds. The molecule has 4 saturated carbocycles. The lowest BCUT2D eigenvalue weighted by Gasteiger charge is -2.71. The van der Waals surface area contributed by atoms with E-state index in [9.17, 15) is 66.1 Å². The number of rotatable bonds is 9. The summed E-state index contributed by atoms with van der Waals surface area (Å²) >= 11 is 0. The van der Waals surface area contributed by atoms with E-state index < -0.39 is 139 Å². The second-order valence-electron chi connectivity index (χ2n) is 23.1. The minimum absolute atomic E-state index is 0.0457. The first-order valence-corrected chi connectivity index (χ1v) is 24.0. The average molecular weight is 945 g/mol. The Morgan fingerprint density at radius 1 is 0.682 bits per heavy atom. The molecule has 3 saturated heterocycles. The largest absolute Gasteiger partial charge is 0.432 e. The molecule has 378 valence electrons. The van der Waals surface area contributed by atoms with Crippen LogP contribution in [0, 0.1) is 50.2 Å². The van der Waals surface area contributed by atoms with Gasteiger partial charge in [0.15, 0.2) is 12.6 Å². The summed E-state index contributed by atoms with van der Waals surface area (Å²) < 4.78 is 34.9. The molecule has 0 spiro atoms. The van der Waals surface area contributed by atoms with Crippen LogP contribution in [-0.4, -0.2) is 192 Å². The van der Waals surface area contributed by atoms with Gasteiger partial charge in [-0.15, -0.1) is 0 Å². The molecule has 66 heavy (non-hydrogen) atoms. The van der Waals surface area contributed by atoms with Crippen molar-refractivity contribution in [1.29, 1.82) is 0 Å². The van der Waals surface area contributed by atoms with Crippen molar-refractivity contribution in [1.82, 2.24) is 0 Å². The third-order valence-electron chi connectivity index (χ3n) is 19.0. The van der Waals surface area contributed by atoms with E-state index in [0.29, 0.717) is 44.9 Å². The number of hydrogen-bond donors (Lipinski definition) is 12. The fraction of sp³-hybridized carbons (Fsp3) is 0.936. The topological polar surface area (TPSA) is 315 Å². The first-order chi connectivity index (χ1) is 30.8. The fourth-order valence-electron chi connectivity index (χ4n) is 14.8. The summed E-state index contributed by atoms with van der Waals surface area (Å²) in [5, 5.41) is 128. The van der Waals surface area contributed by atoms with Crippen molar-refractivity contribution in [3.8, 4) is 0 Å². The highest BCUT2D eigenvalue weighted by atomic mass is 16.7. The number of carbonyl (C=O) groups is 1. The number of aliphatic hydroxyl groups is 12. The van der Waals surface area contributed by atoms with Gasteiger partial charge in [-0.25, -0.2) is 0 Å². The lowest BCUT2D eigenvalue weighted by Crippen LogP contribution is -2.69. The van der Waals surface area contributed by atoms with E-state index in [4.69, 9.17) is 28.4 Å². The number of hydrogen-bond acceptors (Lipinski definition) is 19. The average Bonchev–Trinajstić information content (AvgIpc) is 3.27. The third-order valence-corrected chi connectivity index (χ3v) is 19.0. The van der Waals surface area contributed by atoms with Crippen molar-refractivity contribution in [3.63, 3.8) is 0 Å². The summed E-state index contributed by atoms with van der Waals surface area (Å²) in [6.45, 7) is 11.3. The van der Waals surface area contributed by atoms with Crippen molar-refractivity contribution in [2.45, 2.75) is 198 Å². The summed E-state index contributed by atoms with van der Waals surface area (Å²) in [4.78, 5) is 14.9. The lowest BCUT2D eigenvalue weighted by atomic mass is 9.33. The quantitative estimate of drug-likeness (QED) is 0.0728. The van der Waals surface area contributed by atoms with Gasteiger partial charge in [0.2, 0.25) is 6.29 Å². The summed E-state index contributed by atoms with van der Waals surface area (Å²) in [5.74, 6) is -0.927. The molecule has 3 heterocycles. The molecule has 19 nitrogen and oxygen atoms in total. The van der Waals surface area contributed by atoms with Gasteiger partial charge in [-0.05, 0) is 97.2 Å². The second-order valence-corrected chi connectivity index (χ2v) is 23.1. The molecule has 8 rings (SSSR count). The minimum Gasteiger partial charge on any atom is -0.432 e. The smallest absolute Gasteiger partial charge is 0.315 e. The molecule has 7 fully saturated rings. The lowest BCUT2D eigenvalue weighted by molar-refractivity contribution is -0.329. The first-order valence-electron chi connectivity index (χ1n) is 24.0. The molecule has 0 aromatic heterocycles. The van der Waals surface area contributed by atoms with Gasteiger partial charge in [0.1, 0.15) is 67.1 Å². The van der Waals surface area contributed by atoms with Crippen molar-refractivity contribution >= 4 is 5.97 Å². The molecule has 0 radical (unpaired) electrons. The highest BCUT2D eigenvalue weighted by Gasteiger charge is 2.71. The van der Waals surface area contributed by atoms with Gasteiger partial charge in [-0.2, -0.15) is 0 Å². The van der Waals surface area contributed by atoms with Gasteiger partial charge >= 0.3 is 5.97 Å². The molecular formula is C47H76O19. The molecule has 0 bridgehead atoms. The Morgan fingerprint density at radius 3 is 1.97 bits per heavy atom. The van der Waals surface area contributed by atoms with Crippen LogP contribution in [0.1, 0.15) is 99.3 Å². The van der Waals surface area contributed by atoms with E-state index >= 15 is 0 Å². The SMILES string of the molecule is CC1(C)CCC2(C(=O)OC3OC(COC4OC(CO)C(O)C(O)C4O)C(O)C(O)C3O)CCC3(C)C(=CCC4C5(C)CC(O)C(OC6OCC(O)C(O)C6O)C(C)(CO)C5CCC43C)C2C1. The van der Waals surface area contributed by atoms with Gasteiger partial charge in [-0.1, -0.05) is 53.2 Å². The van der Waals surface area contributed by atoms with Gasteiger partial charge in [-0.3, -0.25) is 4.79 Å². The number of allylic oxidation sites excluding steroid dienone is 2. The maximum absolute atomic E-state index is 14.9. The Labute approximate surface area is 385 Å². The summed E-state index contributed by atoms with van der Waals surface area (Å²) in [6.07, 6.45) is -16.4. The molecule has 5 aliphatic carbocycles. The van der Waals surface area contributed by atoms with E-state index in [0.717, 1.165) is 12.8 Å². The van der Waals surface area contributed by atoms with E-state index in [1.807, 2.05) is 6.92 Å². The Balaban J connectivity index is 1.03. The van der Waals surface area contributed by atoms with E-state index in [-0.39, 0.29) is 41.8 Å². The van der Waals surface area contributed by atoms with E-state index in [1.165, 1.54) is 5.57 Å². The van der Waals surface area contributed by atoms with Crippen LogP contribution >= 0.6 is 0 Å².